The molecule has 0 unspecified atom stereocenters. The lowest BCUT2D eigenvalue weighted by atomic mass is 9.91. The molecule has 0 aliphatic carbocycles. The summed E-state index contributed by atoms with van der Waals surface area (Å²) in [4.78, 5) is 29.7. The third kappa shape index (κ3) is 5.46. The zero-order valence-corrected chi connectivity index (χ0v) is 19.3. The molecular weight excluding hydrogens is 451 g/mol. The van der Waals surface area contributed by atoms with Gasteiger partial charge in [0.05, 0.1) is 0 Å². The number of piperazine rings is 1. The van der Waals surface area contributed by atoms with Gasteiger partial charge in [0.2, 0.25) is 11.8 Å². The second kappa shape index (κ2) is 9.89. The predicted octanol–water partition coefficient (Wildman–Crippen LogP) is 4.64. The molecule has 4 nitrogen and oxygen atoms in total. The minimum absolute atomic E-state index is 0.0311. The van der Waals surface area contributed by atoms with Crippen LogP contribution in [0.1, 0.15) is 64.9 Å². The maximum absolute atomic E-state index is 13.3. The Morgan fingerprint density at radius 3 is 2.22 bits per heavy atom. The predicted molar refractivity (Wildman–Crippen MR) is 119 cm³/mol. The van der Waals surface area contributed by atoms with E-state index >= 15 is 0 Å². The van der Waals surface area contributed by atoms with E-state index in [4.69, 9.17) is 0 Å². The van der Waals surface area contributed by atoms with Crippen molar-refractivity contribution in [1.29, 1.82) is 0 Å². The van der Waals surface area contributed by atoms with Crippen LogP contribution in [0.25, 0.3) is 0 Å². The standard InChI is InChI=1S/C22H33IN2O2/c1-5-6-7-8-9-10-15-25-20(26)19(24(4)21(27)22(25,2)3)16-17-11-13-18(23)14-12-17/h11-14,19H,5-10,15-16H2,1-4H3/t19-/m0/s1. The molecular formula is C22H33IN2O2. The van der Waals surface area contributed by atoms with Gasteiger partial charge in [0.1, 0.15) is 11.6 Å². The van der Waals surface area contributed by atoms with Crippen molar-refractivity contribution in [3.8, 4) is 0 Å². The van der Waals surface area contributed by atoms with Crippen molar-refractivity contribution in [3.05, 3.63) is 33.4 Å². The van der Waals surface area contributed by atoms with Crippen LogP contribution in [-0.4, -0.2) is 46.8 Å². The van der Waals surface area contributed by atoms with Crippen LogP contribution < -0.4 is 0 Å². The average molecular weight is 484 g/mol. The minimum atomic E-state index is -0.766. The lowest BCUT2D eigenvalue weighted by molar-refractivity contribution is -0.166. The van der Waals surface area contributed by atoms with E-state index in [-0.39, 0.29) is 11.8 Å². The minimum Gasteiger partial charge on any atom is -0.331 e. The van der Waals surface area contributed by atoms with Gasteiger partial charge in [-0.1, -0.05) is 51.2 Å². The van der Waals surface area contributed by atoms with E-state index in [0.717, 1.165) is 18.4 Å². The number of hydrogen-bond donors (Lipinski definition) is 0. The molecule has 2 amide bonds. The molecule has 1 saturated heterocycles. The first-order chi connectivity index (χ1) is 12.8. The molecule has 1 aromatic rings. The second-order valence-corrected chi connectivity index (χ2v) is 9.32. The van der Waals surface area contributed by atoms with Crippen molar-refractivity contribution in [3.63, 3.8) is 0 Å². The quantitative estimate of drug-likeness (QED) is 0.379. The van der Waals surface area contributed by atoms with Crippen LogP contribution in [0.3, 0.4) is 0 Å². The molecule has 1 aliphatic heterocycles. The molecule has 1 atom stereocenters. The fourth-order valence-corrected chi connectivity index (χ4v) is 4.18. The molecule has 1 aliphatic rings. The first-order valence-corrected chi connectivity index (χ1v) is 11.2. The number of nitrogens with zero attached hydrogens (tertiary/aromatic N) is 2. The number of carbonyl (C=O) groups excluding carboxylic acids is 2. The lowest BCUT2D eigenvalue weighted by Gasteiger charge is -2.48. The van der Waals surface area contributed by atoms with Crippen LogP contribution in [0.5, 0.6) is 0 Å². The molecule has 0 aromatic heterocycles. The zero-order chi connectivity index (χ0) is 20.0. The fraction of sp³-hybridized carbons (Fsp3) is 0.636. The first kappa shape index (κ1) is 22.2. The summed E-state index contributed by atoms with van der Waals surface area (Å²) >= 11 is 2.27. The Bertz CT molecular complexity index is 642. The normalized spacial score (nSPS) is 19.7. The molecule has 0 radical (unpaired) electrons. The SMILES string of the molecule is CCCCCCCCN1C(=O)[C@H](Cc2ccc(I)cc2)N(C)C(=O)C1(C)C. The van der Waals surface area contributed by atoms with Gasteiger partial charge in [-0.2, -0.15) is 0 Å². The van der Waals surface area contributed by atoms with E-state index < -0.39 is 11.6 Å². The summed E-state index contributed by atoms with van der Waals surface area (Å²) < 4.78 is 1.17. The van der Waals surface area contributed by atoms with Crippen LogP contribution in [0.4, 0.5) is 0 Å². The summed E-state index contributed by atoms with van der Waals surface area (Å²) in [6, 6.07) is 7.77. The number of rotatable bonds is 9. The summed E-state index contributed by atoms with van der Waals surface area (Å²) in [5.74, 6) is 0.109. The average Bonchev–Trinajstić information content (AvgIpc) is 2.64. The Labute approximate surface area is 177 Å². The fourth-order valence-electron chi connectivity index (χ4n) is 3.82. The maximum atomic E-state index is 13.3. The highest BCUT2D eigenvalue weighted by atomic mass is 127. The molecule has 0 N–H and O–H groups in total. The molecule has 2 rings (SSSR count). The van der Waals surface area contributed by atoms with Crippen molar-refractivity contribution in [2.45, 2.75) is 77.3 Å². The topological polar surface area (TPSA) is 40.6 Å². The highest BCUT2D eigenvalue weighted by Gasteiger charge is 2.49. The van der Waals surface area contributed by atoms with Crippen LogP contribution in [0.15, 0.2) is 24.3 Å². The van der Waals surface area contributed by atoms with E-state index in [1.165, 1.54) is 29.3 Å². The van der Waals surface area contributed by atoms with E-state index in [9.17, 15) is 9.59 Å². The van der Waals surface area contributed by atoms with E-state index in [1.807, 2.05) is 43.0 Å². The van der Waals surface area contributed by atoms with Gasteiger partial charge in [0, 0.05) is 23.6 Å². The number of likely N-dealkylation sites (N-methyl/N-ethyl adjacent to an activating group) is 1. The summed E-state index contributed by atoms with van der Waals surface area (Å²) in [6.45, 7) is 6.63. The third-order valence-electron chi connectivity index (χ3n) is 5.61. The van der Waals surface area contributed by atoms with Gasteiger partial charge in [0.25, 0.3) is 0 Å². The van der Waals surface area contributed by atoms with E-state index in [1.54, 1.807) is 11.9 Å². The number of carbonyl (C=O) groups is 2. The highest BCUT2D eigenvalue weighted by Crippen LogP contribution is 2.28. The molecule has 1 heterocycles. The highest BCUT2D eigenvalue weighted by molar-refractivity contribution is 14.1. The molecule has 0 bridgehead atoms. The second-order valence-electron chi connectivity index (χ2n) is 8.08. The Morgan fingerprint density at radius 1 is 1.00 bits per heavy atom. The van der Waals surface area contributed by atoms with Crippen LogP contribution in [0, 0.1) is 3.57 Å². The van der Waals surface area contributed by atoms with E-state index in [0.29, 0.717) is 13.0 Å². The summed E-state index contributed by atoms with van der Waals surface area (Å²) in [7, 11) is 1.77. The molecule has 27 heavy (non-hydrogen) atoms. The summed E-state index contributed by atoms with van der Waals surface area (Å²) in [5.41, 5.74) is 0.324. The van der Waals surface area contributed by atoms with Gasteiger partial charge in [-0.25, -0.2) is 0 Å². The van der Waals surface area contributed by atoms with Crippen molar-refractivity contribution >= 4 is 34.4 Å². The van der Waals surface area contributed by atoms with Gasteiger partial charge >= 0.3 is 0 Å². The Balaban J connectivity index is 2.06. The molecule has 5 heteroatoms. The van der Waals surface area contributed by atoms with Crippen LogP contribution >= 0.6 is 22.6 Å². The lowest BCUT2D eigenvalue weighted by Crippen LogP contribution is -2.69. The number of amides is 2. The van der Waals surface area contributed by atoms with Crippen LogP contribution in [-0.2, 0) is 16.0 Å². The Morgan fingerprint density at radius 2 is 1.59 bits per heavy atom. The first-order valence-electron chi connectivity index (χ1n) is 10.1. The molecule has 150 valence electrons. The van der Waals surface area contributed by atoms with Gasteiger partial charge in [0.15, 0.2) is 0 Å². The van der Waals surface area contributed by atoms with E-state index in [2.05, 4.69) is 29.5 Å². The summed E-state index contributed by atoms with van der Waals surface area (Å²) in [5, 5.41) is 0. The third-order valence-corrected chi connectivity index (χ3v) is 6.33. The van der Waals surface area contributed by atoms with Gasteiger partial charge in [-0.05, 0) is 60.6 Å². The molecule has 0 spiro atoms. The monoisotopic (exact) mass is 484 g/mol. The number of unbranched alkanes of at least 4 members (excludes halogenated alkanes) is 5. The smallest absolute Gasteiger partial charge is 0.248 e. The number of halogens is 1. The number of hydrogen-bond acceptors (Lipinski definition) is 2. The van der Waals surface area contributed by atoms with Crippen LogP contribution in [0.2, 0.25) is 0 Å². The summed E-state index contributed by atoms with van der Waals surface area (Å²) in [6.07, 6.45) is 7.62. The van der Waals surface area contributed by atoms with Gasteiger partial charge in [-0.3, -0.25) is 9.59 Å². The molecule has 1 fully saturated rings. The maximum Gasteiger partial charge on any atom is 0.248 e. The Kier molecular flexibility index (Phi) is 8.13. The van der Waals surface area contributed by atoms with Gasteiger partial charge in [-0.15, -0.1) is 0 Å². The van der Waals surface area contributed by atoms with Crippen molar-refractivity contribution in [2.24, 2.45) is 0 Å². The molecule has 0 saturated carbocycles. The van der Waals surface area contributed by atoms with Crippen molar-refractivity contribution in [2.75, 3.05) is 13.6 Å². The largest absolute Gasteiger partial charge is 0.331 e. The number of benzene rings is 1. The van der Waals surface area contributed by atoms with Crippen molar-refractivity contribution < 1.29 is 9.59 Å². The zero-order valence-electron chi connectivity index (χ0n) is 17.1. The Hall–Kier alpha value is -1.11. The van der Waals surface area contributed by atoms with Gasteiger partial charge < -0.3 is 9.80 Å². The molecule has 1 aromatic carbocycles. The van der Waals surface area contributed by atoms with Crippen molar-refractivity contribution in [1.82, 2.24) is 9.80 Å².